The van der Waals surface area contributed by atoms with E-state index >= 15 is 0 Å². The molecule has 2 heterocycles. The molecular formula is C13H25N3O3. The predicted octanol–water partition coefficient (Wildman–Crippen LogP) is -0.282. The van der Waals surface area contributed by atoms with Gasteiger partial charge in [0.2, 0.25) is 0 Å². The van der Waals surface area contributed by atoms with Gasteiger partial charge in [0.05, 0.1) is 18.8 Å². The molecule has 6 heteroatoms. The van der Waals surface area contributed by atoms with Crippen LogP contribution in [-0.2, 0) is 9.53 Å². The van der Waals surface area contributed by atoms with Crippen LogP contribution in [0.4, 0.5) is 0 Å². The Morgan fingerprint density at radius 2 is 2.37 bits per heavy atom. The van der Waals surface area contributed by atoms with Crippen molar-refractivity contribution in [3.05, 3.63) is 0 Å². The molecule has 0 aliphatic carbocycles. The van der Waals surface area contributed by atoms with Crippen molar-refractivity contribution in [2.24, 2.45) is 0 Å². The second-order valence-corrected chi connectivity index (χ2v) is 5.95. The fourth-order valence-electron chi connectivity index (χ4n) is 2.74. The lowest BCUT2D eigenvalue weighted by atomic mass is 9.94. The lowest BCUT2D eigenvalue weighted by molar-refractivity contribution is -0.190. The first-order valence-electron chi connectivity index (χ1n) is 7.00. The van der Waals surface area contributed by atoms with Crippen molar-refractivity contribution < 1.29 is 14.7 Å². The average Bonchev–Trinajstić information content (AvgIpc) is 2.37. The van der Waals surface area contributed by atoms with E-state index in [0.29, 0.717) is 25.6 Å². The van der Waals surface area contributed by atoms with Crippen molar-refractivity contribution in [3.63, 3.8) is 0 Å². The normalized spacial score (nSPS) is 38.3. The van der Waals surface area contributed by atoms with E-state index in [0.717, 1.165) is 32.6 Å². The highest BCUT2D eigenvalue weighted by atomic mass is 16.5. The minimum Gasteiger partial charge on any atom is -0.379 e. The number of carbonyl (C=O) groups is 1. The van der Waals surface area contributed by atoms with Gasteiger partial charge in [0, 0.05) is 44.7 Å². The molecule has 6 nitrogen and oxygen atoms in total. The molecular weight excluding hydrogens is 246 g/mol. The third-order valence-electron chi connectivity index (χ3n) is 4.27. The number of piperazine rings is 1. The second kappa shape index (κ2) is 6.28. The predicted molar refractivity (Wildman–Crippen MR) is 71.2 cm³/mol. The summed E-state index contributed by atoms with van der Waals surface area (Å²) in [6.07, 6.45) is 1.21. The minimum atomic E-state index is -0.477. The lowest BCUT2D eigenvalue weighted by Gasteiger charge is -2.45. The molecule has 19 heavy (non-hydrogen) atoms. The van der Waals surface area contributed by atoms with E-state index in [1.54, 1.807) is 0 Å². The van der Waals surface area contributed by atoms with Crippen molar-refractivity contribution in [1.82, 2.24) is 15.3 Å². The molecule has 0 amide bonds. The molecule has 0 spiro atoms. The van der Waals surface area contributed by atoms with E-state index in [9.17, 15) is 10.0 Å². The molecule has 2 fully saturated rings. The molecule has 2 unspecified atom stereocenters. The summed E-state index contributed by atoms with van der Waals surface area (Å²) in [5, 5.41) is 14.9. The van der Waals surface area contributed by atoms with Gasteiger partial charge in [0.1, 0.15) is 6.29 Å². The Bertz CT molecular complexity index is 316. The third-order valence-corrected chi connectivity index (χ3v) is 4.27. The van der Waals surface area contributed by atoms with Crippen LogP contribution >= 0.6 is 0 Å². The number of ether oxygens (including phenoxy) is 1. The van der Waals surface area contributed by atoms with Gasteiger partial charge in [0.25, 0.3) is 0 Å². The number of aldehydes is 1. The van der Waals surface area contributed by atoms with Crippen molar-refractivity contribution in [2.75, 3.05) is 39.4 Å². The lowest BCUT2D eigenvalue weighted by Crippen LogP contribution is -2.65. The first kappa shape index (κ1) is 14.9. The standard InChI is InChI=1S/C13H25N3O3/c1-11-9-19-6-4-15(11)7-12-8-16(18)13(2,3-5-17)10-14-12/h5,11-12,14,18H,3-4,6-10H2,1-2H3/t11-,12?,13?/m1/s1. The molecule has 0 aromatic rings. The number of rotatable bonds is 4. The van der Waals surface area contributed by atoms with Crippen LogP contribution in [0.1, 0.15) is 20.3 Å². The molecule has 0 bridgehead atoms. The molecule has 2 saturated heterocycles. The fourth-order valence-corrected chi connectivity index (χ4v) is 2.74. The topological polar surface area (TPSA) is 65.0 Å². The Labute approximate surface area is 114 Å². The van der Waals surface area contributed by atoms with Crippen LogP contribution in [-0.4, -0.2) is 78.5 Å². The minimum absolute atomic E-state index is 0.227. The van der Waals surface area contributed by atoms with Crippen LogP contribution < -0.4 is 5.32 Å². The van der Waals surface area contributed by atoms with Crippen molar-refractivity contribution in [2.45, 2.75) is 37.9 Å². The number of hydrogen-bond donors (Lipinski definition) is 2. The summed E-state index contributed by atoms with van der Waals surface area (Å²) < 4.78 is 5.43. The first-order valence-corrected chi connectivity index (χ1v) is 7.00. The smallest absolute Gasteiger partial charge is 0.121 e. The van der Waals surface area contributed by atoms with Crippen molar-refractivity contribution >= 4 is 6.29 Å². The monoisotopic (exact) mass is 271 g/mol. The van der Waals surface area contributed by atoms with Gasteiger partial charge in [-0.2, -0.15) is 5.06 Å². The van der Waals surface area contributed by atoms with E-state index in [1.165, 1.54) is 5.06 Å². The maximum Gasteiger partial charge on any atom is 0.121 e. The van der Waals surface area contributed by atoms with E-state index in [-0.39, 0.29) is 6.04 Å². The van der Waals surface area contributed by atoms with Gasteiger partial charge >= 0.3 is 0 Å². The Kier molecular flexibility index (Phi) is 4.92. The van der Waals surface area contributed by atoms with Gasteiger partial charge in [-0.25, -0.2) is 0 Å². The van der Waals surface area contributed by atoms with Gasteiger partial charge in [-0.1, -0.05) is 0 Å². The van der Waals surface area contributed by atoms with Crippen molar-refractivity contribution in [1.29, 1.82) is 0 Å². The number of hydroxylamine groups is 2. The maximum atomic E-state index is 10.7. The summed E-state index contributed by atoms with van der Waals surface area (Å²) in [6, 6.07) is 0.649. The maximum absolute atomic E-state index is 10.7. The summed E-state index contributed by atoms with van der Waals surface area (Å²) in [7, 11) is 0. The quantitative estimate of drug-likeness (QED) is 0.686. The molecule has 0 aromatic heterocycles. The van der Waals surface area contributed by atoms with Crippen LogP contribution in [0.25, 0.3) is 0 Å². The van der Waals surface area contributed by atoms with Crippen molar-refractivity contribution in [3.8, 4) is 0 Å². The van der Waals surface area contributed by atoms with E-state index < -0.39 is 5.54 Å². The second-order valence-electron chi connectivity index (χ2n) is 5.95. The Balaban J connectivity index is 1.86. The Morgan fingerprint density at radius 1 is 1.58 bits per heavy atom. The number of nitrogens with zero attached hydrogens (tertiary/aromatic N) is 2. The molecule has 0 aromatic carbocycles. The molecule has 2 aliphatic rings. The number of hydrogen-bond acceptors (Lipinski definition) is 6. The molecule has 3 atom stereocenters. The molecule has 2 N–H and O–H groups in total. The molecule has 0 radical (unpaired) electrons. The summed E-state index contributed by atoms with van der Waals surface area (Å²) in [4.78, 5) is 13.1. The number of morpholine rings is 1. The van der Waals surface area contributed by atoms with Crippen LogP contribution in [0.15, 0.2) is 0 Å². The summed E-state index contributed by atoms with van der Waals surface area (Å²) in [6.45, 7) is 8.65. The van der Waals surface area contributed by atoms with Gasteiger partial charge in [-0.05, 0) is 13.8 Å². The zero-order valence-electron chi connectivity index (χ0n) is 11.8. The summed E-state index contributed by atoms with van der Waals surface area (Å²) in [5.74, 6) is 0. The van der Waals surface area contributed by atoms with Gasteiger partial charge in [0.15, 0.2) is 0 Å². The average molecular weight is 271 g/mol. The zero-order chi connectivity index (χ0) is 13.9. The highest BCUT2D eigenvalue weighted by molar-refractivity contribution is 5.51. The van der Waals surface area contributed by atoms with Crippen LogP contribution in [0.5, 0.6) is 0 Å². The highest BCUT2D eigenvalue weighted by Crippen LogP contribution is 2.20. The first-order chi connectivity index (χ1) is 9.05. The summed E-state index contributed by atoms with van der Waals surface area (Å²) in [5.41, 5.74) is -0.477. The Hall–Kier alpha value is -0.530. The number of carbonyl (C=O) groups excluding carboxylic acids is 1. The van der Waals surface area contributed by atoms with Crippen LogP contribution in [0.3, 0.4) is 0 Å². The van der Waals surface area contributed by atoms with Gasteiger partial charge in [-0.3, -0.25) is 4.90 Å². The van der Waals surface area contributed by atoms with E-state index in [2.05, 4.69) is 17.1 Å². The van der Waals surface area contributed by atoms with E-state index in [4.69, 9.17) is 4.74 Å². The molecule has 110 valence electrons. The molecule has 0 saturated carbocycles. The van der Waals surface area contributed by atoms with Gasteiger partial charge < -0.3 is 20.1 Å². The highest BCUT2D eigenvalue weighted by Gasteiger charge is 2.37. The zero-order valence-corrected chi connectivity index (χ0v) is 11.8. The largest absolute Gasteiger partial charge is 0.379 e. The SMILES string of the molecule is C[C@@H]1COCCN1CC1CN(O)C(C)(CC=O)CN1. The molecule has 2 rings (SSSR count). The number of nitrogens with one attached hydrogen (secondary N) is 1. The fraction of sp³-hybridized carbons (Fsp3) is 0.923. The summed E-state index contributed by atoms with van der Waals surface area (Å²) >= 11 is 0. The third kappa shape index (κ3) is 3.52. The van der Waals surface area contributed by atoms with Crippen LogP contribution in [0.2, 0.25) is 0 Å². The van der Waals surface area contributed by atoms with Crippen LogP contribution in [0, 0.1) is 0 Å². The van der Waals surface area contributed by atoms with E-state index in [1.807, 2.05) is 6.92 Å². The Morgan fingerprint density at radius 3 is 3.00 bits per heavy atom. The van der Waals surface area contributed by atoms with Gasteiger partial charge in [-0.15, -0.1) is 0 Å². The molecule has 2 aliphatic heterocycles.